The predicted molar refractivity (Wildman–Crippen MR) is 79.8 cm³/mol. The fourth-order valence-corrected chi connectivity index (χ4v) is 4.09. The van der Waals surface area contributed by atoms with Crippen LogP contribution in [0, 0.1) is 0 Å². The molecule has 0 radical (unpaired) electrons. The van der Waals surface area contributed by atoms with Crippen molar-refractivity contribution in [1.29, 1.82) is 0 Å². The maximum Gasteiger partial charge on any atom is 0.168 e. The average molecular weight is 282 g/mol. The van der Waals surface area contributed by atoms with Crippen molar-refractivity contribution in [3.05, 3.63) is 0 Å². The third-order valence-corrected chi connectivity index (χ3v) is 5.32. The van der Waals surface area contributed by atoms with Crippen molar-refractivity contribution in [3.8, 4) is 0 Å². The summed E-state index contributed by atoms with van der Waals surface area (Å²) in [6.07, 6.45) is 8.69. The van der Waals surface area contributed by atoms with Crippen molar-refractivity contribution in [2.75, 3.05) is 32.8 Å². The Kier molecular flexibility index (Phi) is 4.97. The van der Waals surface area contributed by atoms with Crippen LogP contribution in [-0.4, -0.2) is 55.6 Å². The molecule has 3 fully saturated rings. The van der Waals surface area contributed by atoms with Gasteiger partial charge in [0, 0.05) is 31.5 Å². The first-order chi connectivity index (χ1) is 9.81. The van der Waals surface area contributed by atoms with Gasteiger partial charge in [-0.2, -0.15) is 0 Å². The maximum atomic E-state index is 5.84. The van der Waals surface area contributed by atoms with Crippen LogP contribution in [0.15, 0.2) is 0 Å². The largest absolute Gasteiger partial charge is 0.348 e. The predicted octanol–water partition coefficient (Wildman–Crippen LogP) is 2.14. The van der Waals surface area contributed by atoms with E-state index in [9.17, 15) is 0 Å². The van der Waals surface area contributed by atoms with Crippen LogP contribution in [0.3, 0.4) is 0 Å². The van der Waals surface area contributed by atoms with E-state index >= 15 is 0 Å². The number of hydrogen-bond acceptors (Lipinski definition) is 4. The molecule has 2 aliphatic heterocycles. The Labute approximate surface area is 123 Å². The third kappa shape index (κ3) is 3.35. The van der Waals surface area contributed by atoms with Gasteiger partial charge in [0.15, 0.2) is 5.79 Å². The van der Waals surface area contributed by atoms with Crippen LogP contribution in [-0.2, 0) is 9.47 Å². The van der Waals surface area contributed by atoms with Crippen LogP contribution >= 0.6 is 0 Å². The first-order valence-electron chi connectivity index (χ1n) is 8.57. The van der Waals surface area contributed by atoms with E-state index in [0.29, 0.717) is 6.04 Å². The zero-order valence-electron chi connectivity index (χ0n) is 12.9. The molecule has 20 heavy (non-hydrogen) atoms. The number of nitrogens with one attached hydrogen (secondary N) is 1. The van der Waals surface area contributed by atoms with Gasteiger partial charge < -0.3 is 14.8 Å². The maximum absolute atomic E-state index is 5.84. The van der Waals surface area contributed by atoms with Gasteiger partial charge in [0.2, 0.25) is 0 Å². The molecule has 4 nitrogen and oxygen atoms in total. The molecule has 3 rings (SSSR count). The summed E-state index contributed by atoms with van der Waals surface area (Å²) >= 11 is 0. The van der Waals surface area contributed by atoms with Gasteiger partial charge in [-0.25, -0.2) is 0 Å². The summed E-state index contributed by atoms with van der Waals surface area (Å²) in [4.78, 5) is 2.69. The van der Waals surface area contributed by atoms with Crippen molar-refractivity contribution < 1.29 is 9.47 Å². The highest BCUT2D eigenvalue weighted by Crippen LogP contribution is 2.37. The molecular formula is C16H30N2O2. The lowest BCUT2D eigenvalue weighted by Crippen LogP contribution is -2.50. The van der Waals surface area contributed by atoms with Crippen molar-refractivity contribution in [2.24, 2.45) is 0 Å². The highest BCUT2D eigenvalue weighted by atomic mass is 16.7. The SMILES string of the molecule is CCN(CC1CCCCN1)C1CCC2(CC1)OCCO2. The Morgan fingerprint density at radius 2 is 1.85 bits per heavy atom. The van der Waals surface area contributed by atoms with Gasteiger partial charge in [-0.05, 0) is 38.8 Å². The van der Waals surface area contributed by atoms with E-state index in [4.69, 9.17) is 9.47 Å². The minimum Gasteiger partial charge on any atom is -0.348 e. The molecular weight excluding hydrogens is 252 g/mol. The number of ether oxygens (including phenoxy) is 2. The van der Waals surface area contributed by atoms with Crippen LogP contribution in [0.2, 0.25) is 0 Å². The smallest absolute Gasteiger partial charge is 0.168 e. The summed E-state index contributed by atoms with van der Waals surface area (Å²) < 4.78 is 11.7. The lowest BCUT2D eigenvalue weighted by Gasteiger charge is -2.41. The summed E-state index contributed by atoms with van der Waals surface area (Å²) in [5.41, 5.74) is 0. The molecule has 0 aromatic carbocycles. The number of likely N-dealkylation sites (N-methyl/N-ethyl adjacent to an activating group) is 1. The molecule has 1 N–H and O–H groups in total. The Balaban J connectivity index is 1.49. The van der Waals surface area contributed by atoms with Crippen LogP contribution in [0.5, 0.6) is 0 Å². The third-order valence-electron chi connectivity index (χ3n) is 5.32. The zero-order valence-corrected chi connectivity index (χ0v) is 12.9. The molecule has 0 amide bonds. The number of nitrogens with zero attached hydrogens (tertiary/aromatic N) is 1. The normalized spacial score (nSPS) is 31.2. The summed E-state index contributed by atoms with van der Waals surface area (Å²) in [6.45, 7) is 7.46. The number of rotatable bonds is 4. The number of piperidine rings is 1. The quantitative estimate of drug-likeness (QED) is 0.856. The molecule has 2 saturated heterocycles. The Bertz CT molecular complexity index is 289. The number of hydrogen-bond donors (Lipinski definition) is 1. The standard InChI is InChI=1S/C16H30N2O2/c1-2-18(13-14-5-3-4-10-17-14)15-6-8-16(9-7-15)19-11-12-20-16/h14-15,17H,2-13H2,1H3. The monoisotopic (exact) mass is 282 g/mol. The fraction of sp³-hybridized carbons (Fsp3) is 1.00. The molecule has 0 aromatic rings. The molecule has 116 valence electrons. The molecule has 2 heterocycles. The van der Waals surface area contributed by atoms with Gasteiger partial charge in [-0.3, -0.25) is 4.90 Å². The first kappa shape index (κ1) is 14.8. The minimum absolute atomic E-state index is 0.209. The molecule has 3 aliphatic rings. The Hall–Kier alpha value is -0.160. The Morgan fingerprint density at radius 3 is 2.45 bits per heavy atom. The van der Waals surface area contributed by atoms with E-state index in [1.165, 1.54) is 45.2 Å². The van der Waals surface area contributed by atoms with E-state index in [0.717, 1.165) is 38.6 Å². The molecule has 0 aromatic heterocycles. The first-order valence-corrected chi connectivity index (χ1v) is 8.57. The highest BCUT2D eigenvalue weighted by molar-refractivity contribution is 4.88. The van der Waals surface area contributed by atoms with Gasteiger partial charge in [-0.15, -0.1) is 0 Å². The van der Waals surface area contributed by atoms with Gasteiger partial charge in [-0.1, -0.05) is 13.3 Å². The summed E-state index contributed by atoms with van der Waals surface area (Å²) in [7, 11) is 0. The Morgan fingerprint density at radius 1 is 1.10 bits per heavy atom. The minimum atomic E-state index is -0.209. The molecule has 1 atom stereocenters. The van der Waals surface area contributed by atoms with Gasteiger partial charge in [0.1, 0.15) is 0 Å². The second kappa shape index (κ2) is 6.73. The van der Waals surface area contributed by atoms with Crippen molar-refractivity contribution >= 4 is 0 Å². The van der Waals surface area contributed by atoms with Crippen LogP contribution in [0.25, 0.3) is 0 Å². The summed E-state index contributed by atoms with van der Waals surface area (Å²) in [5, 5.41) is 3.68. The molecule has 1 spiro atoms. The molecule has 4 heteroatoms. The molecule has 1 saturated carbocycles. The lowest BCUT2D eigenvalue weighted by atomic mass is 9.88. The van der Waals surface area contributed by atoms with Crippen LogP contribution in [0.4, 0.5) is 0 Å². The van der Waals surface area contributed by atoms with Gasteiger partial charge >= 0.3 is 0 Å². The van der Waals surface area contributed by atoms with E-state index in [-0.39, 0.29) is 5.79 Å². The van der Waals surface area contributed by atoms with E-state index < -0.39 is 0 Å². The van der Waals surface area contributed by atoms with E-state index in [1.54, 1.807) is 0 Å². The average Bonchev–Trinajstić information content (AvgIpc) is 2.95. The van der Waals surface area contributed by atoms with Crippen LogP contribution < -0.4 is 5.32 Å². The van der Waals surface area contributed by atoms with Gasteiger partial charge in [0.05, 0.1) is 13.2 Å². The lowest BCUT2D eigenvalue weighted by molar-refractivity contribution is -0.184. The van der Waals surface area contributed by atoms with Crippen LogP contribution in [0.1, 0.15) is 51.9 Å². The fourth-order valence-electron chi connectivity index (χ4n) is 4.09. The highest BCUT2D eigenvalue weighted by Gasteiger charge is 2.41. The van der Waals surface area contributed by atoms with Gasteiger partial charge in [0.25, 0.3) is 0 Å². The van der Waals surface area contributed by atoms with E-state index in [2.05, 4.69) is 17.1 Å². The zero-order chi connectivity index (χ0) is 13.8. The molecule has 1 aliphatic carbocycles. The van der Waals surface area contributed by atoms with Crippen molar-refractivity contribution in [1.82, 2.24) is 10.2 Å². The topological polar surface area (TPSA) is 33.7 Å². The molecule has 0 bridgehead atoms. The van der Waals surface area contributed by atoms with E-state index in [1.807, 2.05) is 0 Å². The summed E-state index contributed by atoms with van der Waals surface area (Å²) in [6, 6.07) is 1.43. The second-order valence-electron chi connectivity index (χ2n) is 6.57. The second-order valence-corrected chi connectivity index (χ2v) is 6.57. The van der Waals surface area contributed by atoms with Crippen molar-refractivity contribution in [3.63, 3.8) is 0 Å². The van der Waals surface area contributed by atoms with Crippen molar-refractivity contribution in [2.45, 2.75) is 69.7 Å². The summed E-state index contributed by atoms with van der Waals surface area (Å²) in [5.74, 6) is -0.209. The molecule has 1 unspecified atom stereocenters.